The van der Waals surface area contributed by atoms with Crippen molar-refractivity contribution >= 4 is 11.9 Å². The second-order valence-corrected chi connectivity index (χ2v) is 3.64. The Balaban J connectivity index is 2.17. The van der Waals surface area contributed by atoms with E-state index in [2.05, 4.69) is 9.97 Å². The molecule has 0 atom stereocenters. The van der Waals surface area contributed by atoms with Crippen molar-refractivity contribution in [2.45, 2.75) is 6.92 Å². The number of aromatic nitrogens is 2. The van der Waals surface area contributed by atoms with Gasteiger partial charge in [-0.2, -0.15) is 0 Å². The molecule has 0 unspecified atom stereocenters. The third kappa shape index (κ3) is 2.84. The Hall–Kier alpha value is -2.29. The topological polar surface area (TPSA) is 42.9 Å². The molecule has 0 aliphatic rings. The standard InChI is InChI=1S/C14H12N2O/c1-11-4-2-9-16-13(11)6-7-14(17)12-5-3-8-15-10-12/h2-10H,1H3/b7-6+. The van der Waals surface area contributed by atoms with Crippen LogP contribution in [0.25, 0.3) is 6.08 Å². The van der Waals surface area contributed by atoms with Gasteiger partial charge in [0.05, 0.1) is 5.69 Å². The van der Waals surface area contributed by atoms with Gasteiger partial charge in [-0.15, -0.1) is 0 Å². The number of rotatable bonds is 3. The van der Waals surface area contributed by atoms with Crippen LogP contribution in [-0.2, 0) is 0 Å². The van der Waals surface area contributed by atoms with Crippen LogP contribution in [0.4, 0.5) is 0 Å². The van der Waals surface area contributed by atoms with Crippen LogP contribution in [-0.4, -0.2) is 15.8 Å². The molecule has 3 heteroatoms. The number of ketones is 1. The lowest BCUT2D eigenvalue weighted by Gasteiger charge is -1.97. The predicted octanol–water partition coefficient (Wildman–Crippen LogP) is 2.68. The fourth-order valence-electron chi connectivity index (χ4n) is 1.43. The summed E-state index contributed by atoms with van der Waals surface area (Å²) in [6, 6.07) is 7.31. The van der Waals surface area contributed by atoms with Crippen LogP contribution in [0.2, 0.25) is 0 Å². The highest BCUT2D eigenvalue weighted by molar-refractivity contribution is 6.06. The van der Waals surface area contributed by atoms with Gasteiger partial charge in [0, 0.05) is 24.2 Å². The molecule has 84 valence electrons. The Labute approximate surface area is 99.9 Å². The highest BCUT2D eigenvalue weighted by Gasteiger charge is 2.01. The van der Waals surface area contributed by atoms with Gasteiger partial charge in [0.25, 0.3) is 0 Å². The van der Waals surface area contributed by atoms with Crippen molar-refractivity contribution < 1.29 is 4.79 Å². The average Bonchev–Trinajstić information content (AvgIpc) is 2.38. The van der Waals surface area contributed by atoms with Crippen molar-refractivity contribution in [3.63, 3.8) is 0 Å². The maximum Gasteiger partial charge on any atom is 0.187 e. The normalized spacial score (nSPS) is 10.6. The van der Waals surface area contributed by atoms with Crippen molar-refractivity contribution in [3.8, 4) is 0 Å². The van der Waals surface area contributed by atoms with Crippen molar-refractivity contribution in [2.24, 2.45) is 0 Å². The highest BCUT2D eigenvalue weighted by atomic mass is 16.1. The number of carbonyl (C=O) groups is 1. The molecule has 2 rings (SSSR count). The van der Waals surface area contributed by atoms with Crippen LogP contribution in [0.5, 0.6) is 0 Å². The fourth-order valence-corrected chi connectivity index (χ4v) is 1.43. The summed E-state index contributed by atoms with van der Waals surface area (Å²) in [5.41, 5.74) is 2.44. The SMILES string of the molecule is Cc1cccnc1/C=C/C(=O)c1cccnc1. The average molecular weight is 224 g/mol. The lowest BCUT2D eigenvalue weighted by Crippen LogP contribution is -1.94. The van der Waals surface area contributed by atoms with E-state index in [0.29, 0.717) is 5.56 Å². The Kier molecular flexibility index (Phi) is 3.40. The monoisotopic (exact) mass is 224 g/mol. The molecule has 0 spiro atoms. The minimum atomic E-state index is -0.0665. The van der Waals surface area contributed by atoms with E-state index in [9.17, 15) is 4.79 Å². The van der Waals surface area contributed by atoms with Crippen molar-refractivity contribution in [1.82, 2.24) is 9.97 Å². The number of hydrogen-bond donors (Lipinski definition) is 0. The van der Waals surface area contributed by atoms with Gasteiger partial charge in [-0.25, -0.2) is 0 Å². The van der Waals surface area contributed by atoms with E-state index in [0.717, 1.165) is 11.3 Å². The molecule has 0 fully saturated rings. The smallest absolute Gasteiger partial charge is 0.187 e. The number of hydrogen-bond acceptors (Lipinski definition) is 3. The molecule has 0 bridgehead atoms. The van der Waals surface area contributed by atoms with Crippen LogP contribution in [0.15, 0.2) is 48.9 Å². The van der Waals surface area contributed by atoms with E-state index in [4.69, 9.17) is 0 Å². The molecule has 17 heavy (non-hydrogen) atoms. The van der Waals surface area contributed by atoms with Gasteiger partial charge in [-0.05, 0) is 42.8 Å². The van der Waals surface area contributed by atoms with Gasteiger partial charge in [-0.3, -0.25) is 14.8 Å². The summed E-state index contributed by atoms with van der Waals surface area (Å²) in [5, 5.41) is 0. The van der Waals surface area contributed by atoms with E-state index >= 15 is 0 Å². The number of pyridine rings is 2. The summed E-state index contributed by atoms with van der Waals surface area (Å²) in [6.45, 7) is 1.96. The summed E-state index contributed by atoms with van der Waals surface area (Å²) >= 11 is 0. The van der Waals surface area contributed by atoms with E-state index < -0.39 is 0 Å². The van der Waals surface area contributed by atoms with Crippen LogP contribution < -0.4 is 0 Å². The maximum atomic E-state index is 11.8. The largest absolute Gasteiger partial charge is 0.289 e. The van der Waals surface area contributed by atoms with E-state index in [-0.39, 0.29) is 5.78 Å². The number of allylic oxidation sites excluding steroid dienone is 1. The molecule has 2 aromatic heterocycles. The first-order valence-corrected chi connectivity index (χ1v) is 5.31. The van der Waals surface area contributed by atoms with E-state index in [1.165, 1.54) is 6.08 Å². The Morgan fingerprint density at radius 2 is 2.06 bits per heavy atom. The van der Waals surface area contributed by atoms with E-state index in [1.54, 1.807) is 36.8 Å². The molecule has 3 nitrogen and oxygen atoms in total. The first-order chi connectivity index (χ1) is 8.27. The molecule has 2 heterocycles. The third-order valence-corrected chi connectivity index (χ3v) is 2.39. The number of aryl methyl sites for hydroxylation is 1. The molecule has 0 saturated heterocycles. The molecule has 2 aromatic rings. The van der Waals surface area contributed by atoms with Crippen LogP contribution in [0.1, 0.15) is 21.6 Å². The minimum Gasteiger partial charge on any atom is -0.289 e. The van der Waals surface area contributed by atoms with Gasteiger partial charge in [0.2, 0.25) is 0 Å². The lowest BCUT2D eigenvalue weighted by molar-refractivity contribution is 0.104. The molecule has 0 aliphatic carbocycles. The molecule has 0 saturated carbocycles. The summed E-state index contributed by atoms with van der Waals surface area (Å²) in [7, 11) is 0. The number of carbonyl (C=O) groups excluding carboxylic acids is 1. The molecule has 0 aromatic carbocycles. The molecule has 0 amide bonds. The second kappa shape index (κ2) is 5.16. The quantitative estimate of drug-likeness (QED) is 0.594. The molecule has 0 radical (unpaired) electrons. The first kappa shape index (κ1) is 11.2. The van der Waals surface area contributed by atoms with Crippen LogP contribution >= 0.6 is 0 Å². The fraction of sp³-hybridized carbons (Fsp3) is 0.0714. The zero-order chi connectivity index (χ0) is 12.1. The summed E-state index contributed by atoms with van der Waals surface area (Å²) in [4.78, 5) is 19.9. The van der Waals surface area contributed by atoms with Gasteiger partial charge in [-0.1, -0.05) is 6.07 Å². The van der Waals surface area contributed by atoms with Gasteiger partial charge >= 0.3 is 0 Å². The zero-order valence-electron chi connectivity index (χ0n) is 9.50. The molecule has 0 aliphatic heterocycles. The lowest BCUT2D eigenvalue weighted by atomic mass is 10.1. The minimum absolute atomic E-state index is 0.0665. The Morgan fingerprint density at radius 1 is 1.24 bits per heavy atom. The summed E-state index contributed by atoms with van der Waals surface area (Å²) in [5.74, 6) is -0.0665. The summed E-state index contributed by atoms with van der Waals surface area (Å²) < 4.78 is 0. The highest BCUT2D eigenvalue weighted by Crippen LogP contribution is 2.06. The predicted molar refractivity (Wildman–Crippen MR) is 66.6 cm³/mol. The van der Waals surface area contributed by atoms with Crippen LogP contribution in [0, 0.1) is 6.92 Å². The molecule has 0 N–H and O–H groups in total. The van der Waals surface area contributed by atoms with Gasteiger partial charge in [0.15, 0.2) is 5.78 Å². The molecular formula is C14H12N2O. The second-order valence-electron chi connectivity index (χ2n) is 3.64. The Morgan fingerprint density at radius 3 is 2.76 bits per heavy atom. The summed E-state index contributed by atoms with van der Waals surface area (Å²) in [6.07, 6.45) is 8.15. The number of nitrogens with zero attached hydrogens (tertiary/aromatic N) is 2. The molecular weight excluding hydrogens is 212 g/mol. The van der Waals surface area contributed by atoms with Crippen molar-refractivity contribution in [3.05, 3.63) is 65.8 Å². The zero-order valence-corrected chi connectivity index (χ0v) is 9.50. The van der Waals surface area contributed by atoms with Crippen LogP contribution in [0.3, 0.4) is 0 Å². The first-order valence-electron chi connectivity index (χ1n) is 5.31. The Bertz CT molecular complexity index is 547. The van der Waals surface area contributed by atoms with Crippen molar-refractivity contribution in [2.75, 3.05) is 0 Å². The van der Waals surface area contributed by atoms with Gasteiger partial charge in [0.1, 0.15) is 0 Å². The third-order valence-electron chi connectivity index (χ3n) is 2.39. The van der Waals surface area contributed by atoms with Gasteiger partial charge < -0.3 is 0 Å². The van der Waals surface area contributed by atoms with Crippen molar-refractivity contribution in [1.29, 1.82) is 0 Å². The maximum absolute atomic E-state index is 11.8. The van der Waals surface area contributed by atoms with E-state index in [1.807, 2.05) is 19.1 Å².